The van der Waals surface area contributed by atoms with E-state index in [1.165, 1.54) is 35.6 Å². The van der Waals surface area contributed by atoms with Gasteiger partial charge in [0.15, 0.2) is 0 Å². The molecular formula is C20H27N. The Morgan fingerprint density at radius 1 is 1.10 bits per heavy atom. The van der Waals surface area contributed by atoms with Crippen LogP contribution in [0.5, 0.6) is 0 Å². The maximum Gasteiger partial charge on any atom is 0.0136 e. The average Bonchev–Trinajstić information content (AvgIpc) is 3.35. The van der Waals surface area contributed by atoms with Crippen LogP contribution in [0.2, 0.25) is 0 Å². The number of rotatable bonds is 7. The molecule has 0 bridgehead atoms. The molecule has 2 aromatic carbocycles. The second kappa shape index (κ2) is 6.62. The van der Waals surface area contributed by atoms with E-state index >= 15 is 0 Å². The van der Waals surface area contributed by atoms with Gasteiger partial charge in [0.2, 0.25) is 0 Å². The zero-order chi connectivity index (χ0) is 14.7. The maximum atomic E-state index is 3.79. The quantitative estimate of drug-likeness (QED) is 0.769. The second-order valence-corrected chi connectivity index (χ2v) is 6.64. The van der Waals surface area contributed by atoms with Crippen molar-refractivity contribution in [2.45, 2.75) is 45.6 Å². The average molecular weight is 281 g/mol. The Hall–Kier alpha value is -1.34. The van der Waals surface area contributed by atoms with Crippen molar-refractivity contribution in [1.29, 1.82) is 0 Å². The third-order valence-corrected chi connectivity index (χ3v) is 4.93. The highest BCUT2D eigenvalue weighted by molar-refractivity contribution is 5.82. The first-order valence-electron chi connectivity index (χ1n) is 8.49. The van der Waals surface area contributed by atoms with Gasteiger partial charge in [0, 0.05) is 6.04 Å². The molecule has 1 aliphatic carbocycles. The summed E-state index contributed by atoms with van der Waals surface area (Å²) in [5.74, 6) is 1.75. The highest BCUT2D eigenvalue weighted by Crippen LogP contribution is 2.39. The molecule has 0 saturated heterocycles. The van der Waals surface area contributed by atoms with Gasteiger partial charge in [-0.05, 0) is 60.4 Å². The van der Waals surface area contributed by atoms with Crippen molar-refractivity contribution >= 4 is 10.8 Å². The van der Waals surface area contributed by atoms with Crippen molar-refractivity contribution in [2.75, 3.05) is 6.54 Å². The fraction of sp³-hybridized carbons (Fsp3) is 0.500. The summed E-state index contributed by atoms with van der Waals surface area (Å²) in [7, 11) is 0. The van der Waals surface area contributed by atoms with E-state index in [2.05, 4.69) is 61.6 Å². The maximum absolute atomic E-state index is 3.79. The van der Waals surface area contributed by atoms with Gasteiger partial charge in [0.1, 0.15) is 0 Å². The summed E-state index contributed by atoms with van der Waals surface area (Å²) in [5, 5.41) is 6.49. The second-order valence-electron chi connectivity index (χ2n) is 6.64. The van der Waals surface area contributed by atoms with Crippen LogP contribution in [0, 0.1) is 11.8 Å². The topological polar surface area (TPSA) is 12.0 Å². The van der Waals surface area contributed by atoms with Crippen LogP contribution in [0.3, 0.4) is 0 Å². The lowest BCUT2D eigenvalue weighted by molar-refractivity contribution is 0.339. The molecule has 3 rings (SSSR count). The van der Waals surface area contributed by atoms with Gasteiger partial charge in [0.05, 0.1) is 0 Å². The van der Waals surface area contributed by atoms with Crippen molar-refractivity contribution in [3.8, 4) is 0 Å². The minimum absolute atomic E-state index is 0.624. The fourth-order valence-electron chi connectivity index (χ4n) is 3.34. The fourth-order valence-corrected chi connectivity index (χ4v) is 3.34. The molecule has 21 heavy (non-hydrogen) atoms. The third kappa shape index (κ3) is 3.65. The van der Waals surface area contributed by atoms with Gasteiger partial charge in [0.25, 0.3) is 0 Å². The van der Waals surface area contributed by atoms with Gasteiger partial charge in [-0.15, -0.1) is 0 Å². The van der Waals surface area contributed by atoms with E-state index in [0.717, 1.165) is 24.8 Å². The summed E-state index contributed by atoms with van der Waals surface area (Å²) in [6, 6.07) is 16.2. The number of hydrogen-bond donors (Lipinski definition) is 1. The molecule has 0 radical (unpaired) electrons. The summed E-state index contributed by atoms with van der Waals surface area (Å²) < 4.78 is 0. The Bertz CT molecular complexity index is 585. The van der Waals surface area contributed by atoms with E-state index in [1.54, 1.807) is 0 Å². The lowest BCUT2D eigenvalue weighted by atomic mass is 9.90. The van der Waals surface area contributed by atoms with Crippen molar-refractivity contribution in [3.63, 3.8) is 0 Å². The molecule has 0 aliphatic heterocycles. The van der Waals surface area contributed by atoms with E-state index < -0.39 is 0 Å². The lowest BCUT2D eigenvalue weighted by Gasteiger charge is -2.25. The van der Waals surface area contributed by atoms with Crippen LogP contribution in [-0.2, 0) is 6.42 Å². The number of nitrogens with one attached hydrogen (secondary N) is 1. The molecule has 1 saturated carbocycles. The predicted octanol–water partition coefficient (Wildman–Crippen LogP) is 4.80. The van der Waals surface area contributed by atoms with Crippen LogP contribution < -0.4 is 5.32 Å². The smallest absolute Gasteiger partial charge is 0.0136 e. The molecule has 0 aromatic heterocycles. The van der Waals surface area contributed by atoms with Gasteiger partial charge < -0.3 is 5.32 Å². The molecule has 0 spiro atoms. The molecule has 1 aliphatic rings. The summed E-state index contributed by atoms with van der Waals surface area (Å²) in [6.45, 7) is 5.82. The first-order chi connectivity index (χ1) is 10.3. The van der Waals surface area contributed by atoms with Gasteiger partial charge in [-0.1, -0.05) is 56.3 Å². The number of fused-ring (bicyclic) bond motifs is 1. The molecule has 1 heteroatoms. The van der Waals surface area contributed by atoms with Gasteiger partial charge in [-0.25, -0.2) is 0 Å². The molecule has 2 atom stereocenters. The molecule has 1 nitrogen and oxygen atoms in total. The monoisotopic (exact) mass is 281 g/mol. The Balaban J connectivity index is 1.75. The van der Waals surface area contributed by atoms with E-state index in [1.807, 2.05) is 0 Å². The van der Waals surface area contributed by atoms with Crippen LogP contribution in [-0.4, -0.2) is 12.6 Å². The zero-order valence-electron chi connectivity index (χ0n) is 13.3. The summed E-state index contributed by atoms with van der Waals surface area (Å²) in [6.07, 6.45) is 5.24. The van der Waals surface area contributed by atoms with Crippen LogP contribution in [0.1, 0.15) is 38.7 Å². The standard InChI is InChI=1S/C20H27N/c1-3-12-21-20(15(2)17-10-11-17)14-16-8-9-18-6-4-5-7-19(18)13-16/h4-9,13,15,17,20-21H,3,10-12,14H2,1-2H3. The number of benzene rings is 2. The van der Waals surface area contributed by atoms with Crippen LogP contribution >= 0.6 is 0 Å². The largest absolute Gasteiger partial charge is 0.313 e. The highest BCUT2D eigenvalue weighted by atomic mass is 14.9. The third-order valence-electron chi connectivity index (χ3n) is 4.93. The highest BCUT2D eigenvalue weighted by Gasteiger charge is 2.32. The molecular weight excluding hydrogens is 254 g/mol. The van der Waals surface area contributed by atoms with Gasteiger partial charge in [-0.3, -0.25) is 0 Å². The zero-order valence-corrected chi connectivity index (χ0v) is 13.3. The van der Waals surface area contributed by atoms with Gasteiger partial charge >= 0.3 is 0 Å². The Morgan fingerprint density at radius 2 is 1.86 bits per heavy atom. The predicted molar refractivity (Wildman–Crippen MR) is 91.6 cm³/mol. The minimum atomic E-state index is 0.624. The van der Waals surface area contributed by atoms with E-state index in [9.17, 15) is 0 Å². The minimum Gasteiger partial charge on any atom is -0.313 e. The normalized spacial score (nSPS) is 17.8. The van der Waals surface area contributed by atoms with E-state index in [0.29, 0.717) is 6.04 Å². The SMILES string of the molecule is CCCNC(Cc1ccc2ccccc2c1)C(C)C1CC1. The Kier molecular flexibility index (Phi) is 4.60. The molecule has 1 fully saturated rings. The Labute approximate surface area is 128 Å². The van der Waals surface area contributed by atoms with Crippen LogP contribution in [0.25, 0.3) is 10.8 Å². The first-order valence-corrected chi connectivity index (χ1v) is 8.49. The summed E-state index contributed by atoms with van der Waals surface area (Å²) in [4.78, 5) is 0. The molecule has 2 aromatic rings. The molecule has 112 valence electrons. The van der Waals surface area contributed by atoms with Crippen molar-refractivity contribution in [1.82, 2.24) is 5.32 Å². The Morgan fingerprint density at radius 3 is 2.57 bits per heavy atom. The molecule has 0 heterocycles. The first kappa shape index (κ1) is 14.6. The lowest BCUT2D eigenvalue weighted by Crippen LogP contribution is -2.38. The van der Waals surface area contributed by atoms with Crippen molar-refractivity contribution < 1.29 is 0 Å². The molecule has 1 N–H and O–H groups in total. The van der Waals surface area contributed by atoms with Crippen molar-refractivity contribution in [2.24, 2.45) is 11.8 Å². The van der Waals surface area contributed by atoms with Gasteiger partial charge in [-0.2, -0.15) is 0 Å². The summed E-state index contributed by atoms with van der Waals surface area (Å²) >= 11 is 0. The van der Waals surface area contributed by atoms with Crippen molar-refractivity contribution in [3.05, 3.63) is 48.0 Å². The number of hydrogen-bond acceptors (Lipinski definition) is 1. The molecule has 2 unspecified atom stereocenters. The molecule has 0 amide bonds. The van der Waals surface area contributed by atoms with E-state index in [4.69, 9.17) is 0 Å². The van der Waals surface area contributed by atoms with Crippen LogP contribution in [0.4, 0.5) is 0 Å². The summed E-state index contributed by atoms with van der Waals surface area (Å²) in [5.41, 5.74) is 1.47. The van der Waals surface area contributed by atoms with E-state index in [-0.39, 0.29) is 0 Å². The van der Waals surface area contributed by atoms with Crippen LogP contribution in [0.15, 0.2) is 42.5 Å².